The molecule has 1 aromatic heterocycles. The molecule has 0 unspecified atom stereocenters. The van der Waals surface area contributed by atoms with Crippen molar-refractivity contribution in [2.75, 3.05) is 0 Å². The number of halogens is 2. The Morgan fingerprint density at radius 2 is 1.95 bits per heavy atom. The van der Waals surface area contributed by atoms with Gasteiger partial charge in [0.1, 0.15) is 11.4 Å². The number of carbonyl (C=O) groups is 1. The molecule has 3 rings (SSSR count). The first-order valence-corrected chi connectivity index (χ1v) is 6.83. The van der Waals surface area contributed by atoms with E-state index in [-0.39, 0.29) is 17.4 Å². The van der Waals surface area contributed by atoms with Crippen LogP contribution in [0.3, 0.4) is 0 Å². The number of ketones is 1. The van der Waals surface area contributed by atoms with Gasteiger partial charge in [0.25, 0.3) is 0 Å². The van der Waals surface area contributed by atoms with Crippen molar-refractivity contribution in [3.05, 3.63) is 69.6 Å². The Morgan fingerprint density at radius 1 is 1.15 bits per heavy atom. The standard InChI is InChI=1S/C16H10BrFO2/c1-9-4-11(6-12(17)5-9)16(19)15-8-10-7-13(18)2-3-14(10)20-15/h2-8H,1H3. The lowest BCUT2D eigenvalue weighted by molar-refractivity contribution is 0.101. The van der Waals surface area contributed by atoms with E-state index >= 15 is 0 Å². The van der Waals surface area contributed by atoms with Crippen LogP contribution in [0.1, 0.15) is 21.7 Å². The molecular weight excluding hydrogens is 323 g/mol. The molecule has 0 atom stereocenters. The molecular formula is C16H10BrFO2. The van der Waals surface area contributed by atoms with Crippen molar-refractivity contribution in [1.82, 2.24) is 0 Å². The molecule has 3 aromatic rings. The fourth-order valence-corrected chi connectivity index (χ4v) is 2.74. The molecule has 0 N–H and O–H groups in total. The molecule has 0 aliphatic rings. The normalized spacial score (nSPS) is 10.9. The molecule has 20 heavy (non-hydrogen) atoms. The number of fused-ring (bicyclic) bond motifs is 1. The number of benzene rings is 2. The summed E-state index contributed by atoms with van der Waals surface area (Å²) in [7, 11) is 0. The van der Waals surface area contributed by atoms with E-state index in [1.165, 1.54) is 18.2 Å². The highest BCUT2D eigenvalue weighted by molar-refractivity contribution is 9.10. The minimum Gasteiger partial charge on any atom is -0.453 e. The Morgan fingerprint density at radius 3 is 2.70 bits per heavy atom. The highest BCUT2D eigenvalue weighted by Gasteiger charge is 2.15. The first kappa shape index (κ1) is 13.1. The first-order valence-electron chi connectivity index (χ1n) is 6.04. The number of carbonyl (C=O) groups excluding carboxylic acids is 1. The highest BCUT2D eigenvalue weighted by atomic mass is 79.9. The zero-order valence-corrected chi connectivity index (χ0v) is 12.2. The molecule has 2 aromatic carbocycles. The second-order valence-corrected chi connectivity index (χ2v) is 5.55. The quantitative estimate of drug-likeness (QED) is 0.626. The molecule has 0 saturated heterocycles. The summed E-state index contributed by atoms with van der Waals surface area (Å²) in [6.07, 6.45) is 0. The van der Waals surface area contributed by atoms with Crippen molar-refractivity contribution in [3.63, 3.8) is 0 Å². The number of rotatable bonds is 2. The third-order valence-electron chi connectivity index (χ3n) is 3.01. The maximum absolute atomic E-state index is 13.1. The Kier molecular flexibility index (Phi) is 3.18. The van der Waals surface area contributed by atoms with Crippen molar-refractivity contribution in [3.8, 4) is 0 Å². The summed E-state index contributed by atoms with van der Waals surface area (Å²) in [5, 5.41) is 0.583. The van der Waals surface area contributed by atoms with Crippen LogP contribution in [0.25, 0.3) is 11.0 Å². The van der Waals surface area contributed by atoms with Crippen molar-refractivity contribution in [2.24, 2.45) is 0 Å². The molecule has 0 aliphatic carbocycles. The maximum Gasteiger partial charge on any atom is 0.228 e. The molecule has 2 nitrogen and oxygen atoms in total. The van der Waals surface area contributed by atoms with Crippen LogP contribution in [-0.2, 0) is 0 Å². The lowest BCUT2D eigenvalue weighted by Gasteiger charge is -2.01. The second kappa shape index (κ2) is 4.87. The topological polar surface area (TPSA) is 30.2 Å². The summed E-state index contributed by atoms with van der Waals surface area (Å²) < 4.78 is 19.5. The van der Waals surface area contributed by atoms with Crippen LogP contribution in [0.4, 0.5) is 4.39 Å². The summed E-state index contributed by atoms with van der Waals surface area (Å²) in [5.74, 6) is -0.357. The van der Waals surface area contributed by atoms with E-state index in [0.717, 1.165) is 10.0 Å². The molecule has 0 radical (unpaired) electrons. The summed E-state index contributed by atoms with van der Waals surface area (Å²) in [4.78, 5) is 12.4. The maximum atomic E-state index is 13.1. The van der Waals surface area contributed by atoms with Crippen LogP contribution >= 0.6 is 15.9 Å². The minimum atomic E-state index is -0.351. The van der Waals surface area contributed by atoms with E-state index in [1.54, 1.807) is 18.2 Å². The summed E-state index contributed by atoms with van der Waals surface area (Å²) in [6, 6.07) is 11.2. The average Bonchev–Trinajstić information content (AvgIpc) is 2.79. The number of aryl methyl sites for hydroxylation is 1. The Bertz CT molecular complexity index is 800. The Hall–Kier alpha value is -1.94. The van der Waals surface area contributed by atoms with Gasteiger partial charge in [-0.2, -0.15) is 0 Å². The number of hydrogen-bond acceptors (Lipinski definition) is 2. The zero-order valence-electron chi connectivity index (χ0n) is 10.6. The van der Waals surface area contributed by atoms with Gasteiger partial charge in [-0.25, -0.2) is 4.39 Å². The molecule has 0 amide bonds. The van der Waals surface area contributed by atoms with Gasteiger partial charge in [-0.05, 0) is 55.0 Å². The fourth-order valence-electron chi connectivity index (χ4n) is 2.14. The fraction of sp³-hybridized carbons (Fsp3) is 0.0625. The van der Waals surface area contributed by atoms with Gasteiger partial charge >= 0.3 is 0 Å². The van der Waals surface area contributed by atoms with Crippen molar-refractivity contribution >= 4 is 32.7 Å². The molecule has 0 aliphatic heterocycles. The van der Waals surface area contributed by atoms with Crippen LogP contribution in [0, 0.1) is 12.7 Å². The van der Waals surface area contributed by atoms with Crippen LogP contribution < -0.4 is 0 Å². The summed E-state index contributed by atoms with van der Waals surface area (Å²) >= 11 is 3.37. The van der Waals surface area contributed by atoms with Crippen LogP contribution in [-0.4, -0.2) is 5.78 Å². The van der Waals surface area contributed by atoms with E-state index in [9.17, 15) is 9.18 Å². The van der Waals surface area contributed by atoms with Gasteiger partial charge in [0.15, 0.2) is 5.76 Å². The predicted octanol–water partition coefficient (Wildman–Crippen LogP) is 4.87. The van der Waals surface area contributed by atoms with Crippen molar-refractivity contribution in [2.45, 2.75) is 6.92 Å². The molecule has 0 bridgehead atoms. The number of hydrogen-bond donors (Lipinski definition) is 0. The molecule has 1 heterocycles. The van der Waals surface area contributed by atoms with Crippen LogP contribution in [0.15, 0.2) is 51.4 Å². The Labute approximate surface area is 123 Å². The smallest absolute Gasteiger partial charge is 0.228 e. The average molecular weight is 333 g/mol. The predicted molar refractivity (Wildman–Crippen MR) is 78.5 cm³/mol. The lowest BCUT2D eigenvalue weighted by atomic mass is 10.1. The van der Waals surface area contributed by atoms with E-state index in [2.05, 4.69) is 15.9 Å². The number of furan rings is 1. The molecule has 0 fully saturated rings. The monoisotopic (exact) mass is 332 g/mol. The minimum absolute atomic E-state index is 0.211. The van der Waals surface area contributed by atoms with Crippen molar-refractivity contribution < 1.29 is 13.6 Å². The first-order chi connectivity index (χ1) is 9.52. The van der Waals surface area contributed by atoms with Gasteiger partial charge in [-0.15, -0.1) is 0 Å². The van der Waals surface area contributed by atoms with E-state index < -0.39 is 0 Å². The summed E-state index contributed by atoms with van der Waals surface area (Å²) in [5.41, 5.74) is 2.02. The van der Waals surface area contributed by atoms with E-state index in [0.29, 0.717) is 16.5 Å². The van der Waals surface area contributed by atoms with Gasteiger partial charge in [-0.1, -0.05) is 15.9 Å². The third kappa shape index (κ3) is 2.39. The highest BCUT2D eigenvalue weighted by Crippen LogP contribution is 2.24. The zero-order chi connectivity index (χ0) is 14.3. The lowest BCUT2D eigenvalue weighted by Crippen LogP contribution is -1.99. The van der Waals surface area contributed by atoms with E-state index in [4.69, 9.17) is 4.42 Å². The molecule has 0 saturated carbocycles. The second-order valence-electron chi connectivity index (χ2n) is 4.64. The van der Waals surface area contributed by atoms with Gasteiger partial charge in [0.05, 0.1) is 0 Å². The Balaban J connectivity index is 2.07. The SMILES string of the molecule is Cc1cc(Br)cc(C(=O)c2cc3cc(F)ccc3o2)c1. The largest absolute Gasteiger partial charge is 0.453 e. The molecule has 4 heteroatoms. The van der Waals surface area contributed by atoms with E-state index in [1.807, 2.05) is 13.0 Å². The van der Waals surface area contributed by atoms with Gasteiger partial charge < -0.3 is 4.42 Å². The van der Waals surface area contributed by atoms with Crippen molar-refractivity contribution in [1.29, 1.82) is 0 Å². The molecule has 100 valence electrons. The van der Waals surface area contributed by atoms with Gasteiger partial charge in [-0.3, -0.25) is 4.79 Å². The van der Waals surface area contributed by atoms with Gasteiger partial charge in [0.2, 0.25) is 5.78 Å². The summed E-state index contributed by atoms with van der Waals surface area (Å²) in [6.45, 7) is 1.91. The van der Waals surface area contributed by atoms with Crippen LogP contribution in [0.5, 0.6) is 0 Å². The van der Waals surface area contributed by atoms with Crippen LogP contribution in [0.2, 0.25) is 0 Å². The molecule has 0 spiro atoms. The third-order valence-corrected chi connectivity index (χ3v) is 3.46. The van der Waals surface area contributed by atoms with Gasteiger partial charge in [0, 0.05) is 15.4 Å².